The van der Waals surface area contributed by atoms with Crippen molar-refractivity contribution in [2.45, 2.75) is 0 Å². The summed E-state index contributed by atoms with van der Waals surface area (Å²) >= 11 is 0. The molecule has 1 atom stereocenters. The van der Waals surface area contributed by atoms with Gasteiger partial charge in [-0.15, -0.1) is 0 Å². The van der Waals surface area contributed by atoms with Crippen LogP contribution in [0, 0.1) is 5.92 Å². The van der Waals surface area contributed by atoms with E-state index in [2.05, 4.69) is 0 Å². The van der Waals surface area contributed by atoms with Gasteiger partial charge in [0.15, 0.2) is 0 Å². The van der Waals surface area contributed by atoms with E-state index in [-0.39, 0.29) is 0 Å². The quantitative estimate of drug-likeness (QED) is 0.499. The molecule has 1 rings (SSSR count). The average molecular weight is 242 g/mol. The molecule has 1 aliphatic carbocycles. The van der Waals surface area contributed by atoms with Gasteiger partial charge in [0.05, 0.1) is 16.7 Å². The Morgan fingerprint density at radius 1 is 0.882 bits per heavy atom. The summed E-state index contributed by atoms with van der Waals surface area (Å²) in [5, 5.41) is 34.9. The summed E-state index contributed by atoms with van der Waals surface area (Å²) in [6.45, 7) is 0. The number of carbonyl (C=O) groups is 4. The van der Waals surface area contributed by atoms with Crippen molar-refractivity contribution in [1.29, 1.82) is 0 Å². The van der Waals surface area contributed by atoms with Crippen LogP contribution in [-0.4, -0.2) is 44.3 Å². The highest BCUT2D eigenvalue weighted by Crippen LogP contribution is 2.32. The van der Waals surface area contributed by atoms with Crippen molar-refractivity contribution in [3.63, 3.8) is 0 Å². The normalized spacial score (nSPS) is 18.8. The summed E-state index contributed by atoms with van der Waals surface area (Å²) in [5.74, 6) is -8.66. The molecule has 0 aromatic heterocycles. The Hall–Kier alpha value is -2.64. The lowest BCUT2D eigenvalue weighted by Gasteiger charge is -2.04. The lowest BCUT2D eigenvalue weighted by atomic mass is 10.0. The molecule has 8 nitrogen and oxygen atoms in total. The zero-order valence-corrected chi connectivity index (χ0v) is 8.08. The number of hydrogen-bond acceptors (Lipinski definition) is 4. The third kappa shape index (κ3) is 2.00. The Morgan fingerprint density at radius 3 is 1.71 bits per heavy atom. The second kappa shape index (κ2) is 4.08. The van der Waals surface area contributed by atoms with Gasteiger partial charge in [0.25, 0.3) is 0 Å². The van der Waals surface area contributed by atoms with E-state index in [0.29, 0.717) is 6.08 Å². The first-order valence-corrected chi connectivity index (χ1v) is 4.16. The third-order valence-electron chi connectivity index (χ3n) is 2.12. The minimum absolute atomic E-state index is 0.595. The van der Waals surface area contributed by atoms with Gasteiger partial charge in [0.2, 0.25) is 0 Å². The molecular weight excluding hydrogens is 236 g/mol. The highest BCUT2D eigenvalue weighted by Gasteiger charge is 2.40. The monoisotopic (exact) mass is 242 g/mol. The first kappa shape index (κ1) is 12.4. The fourth-order valence-corrected chi connectivity index (χ4v) is 1.48. The SMILES string of the molecule is O=C(O)C1=CC(C(=O)O)C(C(=O)O)=C1C(=O)O. The molecule has 0 spiro atoms. The Morgan fingerprint density at radius 2 is 1.41 bits per heavy atom. The van der Waals surface area contributed by atoms with E-state index in [1.54, 1.807) is 0 Å². The van der Waals surface area contributed by atoms with E-state index in [4.69, 9.17) is 20.4 Å². The molecule has 4 N–H and O–H groups in total. The molecule has 17 heavy (non-hydrogen) atoms. The van der Waals surface area contributed by atoms with Crippen molar-refractivity contribution in [3.05, 3.63) is 22.8 Å². The summed E-state index contributed by atoms with van der Waals surface area (Å²) in [4.78, 5) is 43.0. The first-order valence-electron chi connectivity index (χ1n) is 4.16. The second-order valence-corrected chi connectivity index (χ2v) is 3.10. The zero-order chi connectivity index (χ0) is 13.3. The van der Waals surface area contributed by atoms with Gasteiger partial charge in [-0.25, -0.2) is 14.4 Å². The highest BCUT2D eigenvalue weighted by molar-refractivity contribution is 6.15. The standard InChI is InChI=1S/C9H6O8/c10-6(11)2-1-3(7(12)13)5(9(16)17)4(2)8(14)15/h1-2H,(H,10,11)(H,12,13)(H,14,15)(H,16,17). The summed E-state index contributed by atoms with van der Waals surface area (Å²) in [5.41, 5.74) is -2.79. The fourth-order valence-electron chi connectivity index (χ4n) is 1.48. The predicted molar refractivity (Wildman–Crippen MR) is 49.1 cm³/mol. The molecule has 0 amide bonds. The van der Waals surface area contributed by atoms with E-state index >= 15 is 0 Å². The fraction of sp³-hybridized carbons (Fsp3) is 0.111. The molecule has 8 heteroatoms. The molecule has 1 aliphatic rings. The number of carboxylic acid groups (broad SMARTS) is 4. The molecular formula is C9H6O8. The maximum atomic E-state index is 10.8. The second-order valence-electron chi connectivity index (χ2n) is 3.10. The van der Waals surface area contributed by atoms with Crippen molar-refractivity contribution in [1.82, 2.24) is 0 Å². The van der Waals surface area contributed by atoms with Crippen molar-refractivity contribution in [2.75, 3.05) is 0 Å². The van der Waals surface area contributed by atoms with Crippen LogP contribution in [0.4, 0.5) is 0 Å². The molecule has 0 aromatic rings. The van der Waals surface area contributed by atoms with Gasteiger partial charge in [-0.3, -0.25) is 4.79 Å². The summed E-state index contributed by atoms with van der Waals surface area (Å²) in [7, 11) is 0. The summed E-state index contributed by atoms with van der Waals surface area (Å²) in [6, 6.07) is 0. The van der Waals surface area contributed by atoms with Crippen molar-refractivity contribution >= 4 is 23.9 Å². The Kier molecular flexibility index (Phi) is 2.98. The zero-order valence-electron chi connectivity index (χ0n) is 8.08. The Labute approximate surface area is 93.1 Å². The molecule has 0 saturated heterocycles. The molecule has 0 heterocycles. The van der Waals surface area contributed by atoms with Crippen LogP contribution in [-0.2, 0) is 19.2 Å². The topological polar surface area (TPSA) is 149 Å². The third-order valence-corrected chi connectivity index (χ3v) is 2.12. The number of hydrogen-bond donors (Lipinski definition) is 4. The lowest BCUT2D eigenvalue weighted by Crippen LogP contribution is -2.20. The van der Waals surface area contributed by atoms with Crippen LogP contribution in [0.25, 0.3) is 0 Å². The maximum Gasteiger partial charge on any atom is 0.337 e. The molecule has 0 aliphatic heterocycles. The molecule has 0 fully saturated rings. The van der Waals surface area contributed by atoms with Crippen LogP contribution < -0.4 is 0 Å². The van der Waals surface area contributed by atoms with Gasteiger partial charge in [-0.2, -0.15) is 0 Å². The van der Waals surface area contributed by atoms with Gasteiger partial charge >= 0.3 is 23.9 Å². The lowest BCUT2D eigenvalue weighted by molar-refractivity contribution is -0.142. The molecule has 0 aromatic carbocycles. The van der Waals surface area contributed by atoms with E-state index in [1.165, 1.54) is 0 Å². The molecule has 0 saturated carbocycles. The highest BCUT2D eigenvalue weighted by atomic mass is 16.4. The van der Waals surface area contributed by atoms with Crippen molar-refractivity contribution < 1.29 is 39.6 Å². The van der Waals surface area contributed by atoms with E-state index in [1.807, 2.05) is 0 Å². The van der Waals surface area contributed by atoms with E-state index in [9.17, 15) is 19.2 Å². The van der Waals surface area contributed by atoms with Gasteiger partial charge in [0.1, 0.15) is 5.92 Å². The molecule has 90 valence electrons. The van der Waals surface area contributed by atoms with Gasteiger partial charge in [0, 0.05) is 0 Å². The average Bonchev–Trinajstić information content (AvgIpc) is 2.56. The molecule has 0 radical (unpaired) electrons. The summed E-state index contributed by atoms with van der Waals surface area (Å²) in [6.07, 6.45) is 0.595. The number of rotatable bonds is 4. The maximum absolute atomic E-state index is 10.8. The summed E-state index contributed by atoms with van der Waals surface area (Å²) < 4.78 is 0. The van der Waals surface area contributed by atoms with Crippen molar-refractivity contribution in [2.24, 2.45) is 5.92 Å². The Bertz CT molecular complexity index is 495. The van der Waals surface area contributed by atoms with E-state index < -0.39 is 46.5 Å². The molecule has 0 bridgehead atoms. The predicted octanol–water partition coefficient (Wildman–Crippen LogP) is -0.822. The minimum Gasteiger partial charge on any atom is -0.481 e. The number of carboxylic acids is 4. The van der Waals surface area contributed by atoms with Crippen molar-refractivity contribution in [3.8, 4) is 0 Å². The largest absolute Gasteiger partial charge is 0.481 e. The van der Waals surface area contributed by atoms with Gasteiger partial charge < -0.3 is 20.4 Å². The van der Waals surface area contributed by atoms with Crippen LogP contribution in [0.3, 0.4) is 0 Å². The molecule has 1 unspecified atom stereocenters. The minimum atomic E-state index is -1.79. The van der Waals surface area contributed by atoms with Crippen LogP contribution in [0.15, 0.2) is 22.8 Å². The Balaban J connectivity index is 3.51. The van der Waals surface area contributed by atoms with Gasteiger partial charge in [-0.05, 0) is 0 Å². The van der Waals surface area contributed by atoms with Crippen LogP contribution in [0.1, 0.15) is 0 Å². The van der Waals surface area contributed by atoms with Crippen LogP contribution in [0.2, 0.25) is 0 Å². The first-order chi connectivity index (χ1) is 7.77. The smallest absolute Gasteiger partial charge is 0.337 e. The van der Waals surface area contributed by atoms with Crippen LogP contribution >= 0.6 is 0 Å². The van der Waals surface area contributed by atoms with E-state index in [0.717, 1.165) is 0 Å². The number of aliphatic carboxylic acids is 4. The van der Waals surface area contributed by atoms with Gasteiger partial charge in [-0.1, -0.05) is 6.08 Å². The van der Waals surface area contributed by atoms with Crippen LogP contribution in [0.5, 0.6) is 0 Å².